The fourth-order valence-corrected chi connectivity index (χ4v) is 5.86. The molecule has 4 unspecified atom stereocenters. The van der Waals surface area contributed by atoms with Crippen LogP contribution in [0.5, 0.6) is 0 Å². The van der Waals surface area contributed by atoms with E-state index in [2.05, 4.69) is 26.1 Å². The van der Waals surface area contributed by atoms with Crippen LogP contribution in [0.25, 0.3) is 0 Å². The van der Waals surface area contributed by atoms with Crippen molar-refractivity contribution >= 4 is 22.1 Å². The summed E-state index contributed by atoms with van der Waals surface area (Å²) in [5, 5.41) is 5.65. The van der Waals surface area contributed by atoms with E-state index in [1.165, 1.54) is 6.42 Å². The van der Waals surface area contributed by atoms with Crippen LogP contribution in [0.2, 0.25) is 0 Å². The number of thiophene rings is 1. The van der Waals surface area contributed by atoms with Crippen LogP contribution in [-0.4, -0.2) is 22.5 Å². The number of rotatable bonds is 3. The third-order valence-electron chi connectivity index (χ3n) is 4.36. The summed E-state index contributed by atoms with van der Waals surface area (Å²) in [6, 6.07) is 4.39. The Kier molecular flexibility index (Phi) is 4.85. The molecule has 1 aliphatic rings. The van der Waals surface area contributed by atoms with Crippen LogP contribution in [0.15, 0.2) is 21.7 Å². The van der Waals surface area contributed by atoms with Gasteiger partial charge in [-0.1, -0.05) is 26.8 Å². The summed E-state index contributed by atoms with van der Waals surface area (Å²) in [5.41, 5.74) is 0.316. The Bertz CT molecular complexity index is 422. The van der Waals surface area contributed by atoms with Gasteiger partial charge in [0.25, 0.3) is 0 Å². The molecular formula is C15H25NOS2. The smallest absolute Gasteiger partial charge is 0.0914 e. The largest absolute Gasteiger partial charge is 0.316 e. The van der Waals surface area contributed by atoms with E-state index in [9.17, 15) is 4.21 Å². The monoisotopic (exact) mass is 299 g/mol. The molecule has 0 aromatic carbocycles. The Morgan fingerprint density at radius 2 is 2.11 bits per heavy atom. The van der Waals surface area contributed by atoms with Crippen LogP contribution in [-0.2, 0) is 10.8 Å². The predicted octanol–water partition coefficient (Wildman–Crippen LogP) is 3.66. The molecule has 1 fully saturated rings. The minimum atomic E-state index is -0.868. The molecule has 108 valence electrons. The molecule has 0 radical (unpaired) electrons. The molecule has 2 nitrogen and oxygen atoms in total. The first-order valence-corrected chi connectivity index (χ1v) is 9.14. The standard InChI is InChI=1S/C15H25NOS2/c1-15(2,3)11-7-8-12(16-4)13(10-11)19(17)14-6-5-9-18-14/h5-6,9,11-13,16H,7-8,10H2,1-4H3. The van der Waals surface area contributed by atoms with Crippen molar-refractivity contribution in [1.29, 1.82) is 0 Å². The Labute approximate surface area is 123 Å². The Morgan fingerprint density at radius 1 is 1.37 bits per heavy atom. The molecule has 0 amide bonds. The van der Waals surface area contributed by atoms with E-state index in [1.807, 2.05) is 24.6 Å². The first kappa shape index (κ1) is 15.2. The molecule has 1 heterocycles. The van der Waals surface area contributed by atoms with E-state index >= 15 is 0 Å². The Hall–Kier alpha value is -0.190. The molecule has 1 aromatic rings. The van der Waals surface area contributed by atoms with Crippen LogP contribution >= 0.6 is 11.3 Å². The quantitative estimate of drug-likeness (QED) is 0.923. The first-order valence-electron chi connectivity index (χ1n) is 7.05. The second-order valence-electron chi connectivity index (χ2n) is 6.54. The van der Waals surface area contributed by atoms with Crippen molar-refractivity contribution in [2.24, 2.45) is 11.3 Å². The molecule has 1 N–H and O–H groups in total. The van der Waals surface area contributed by atoms with Crippen molar-refractivity contribution in [2.45, 2.75) is 55.5 Å². The van der Waals surface area contributed by atoms with Gasteiger partial charge in [-0.3, -0.25) is 4.21 Å². The van der Waals surface area contributed by atoms with Crippen molar-refractivity contribution in [1.82, 2.24) is 5.32 Å². The van der Waals surface area contributed by atoms with E-state index in [0.717, 1.165) is 17.1 Å². The molecule has 0 saturated heterocycles. The van der Waals surface area contributed by atoms with Gasteiger partial charge in [-0.15, -0.1) is 11.3 Å². The summed E-state index contributed by atoms with van der Waals surface area (Å²) in [7, 11) is 1.13. The SMILES string of the molecule is CNC1CCC(C(C)(C)C)CC1S(=O)c1cccs1. The van der Waals surface area contributed by atoms with Crippen molar-refractivity contribution in [2.75, 3.05) is 7.05 Å². The predicted molar refractivity (Wildman–Crippen MR) is 84.2 cm³/mol. The van der Waals surface area contributed by atoms with Crippen molar-refractivity contribution < 1.29 is 4.21 Å². The molecule has 2 rings (SSSR count). The molecule has 4 heteroatoms. The minimum Gasteiger partial charge on any atom is -0.316 e. The highest BCUT2D eigenvalue weighted by molar-refractivity contribution is 7.88. The third kappa shape index (κ3) is 3.47. The van der Waals surface area contributed by atoms with E-state index in [0.29, 0.717) is 17.4 Å². The highest BCUT2D eigenvalue weighted by atomic mass is 32.2. The van der Waals surface area contributed by atoms with Crippen LogP contribution in [0.4, 0.5) is 0 Å². The summed E-state index contributed by atoms with van der Waals surface area (Å²) < 4.78 is 13.8. The third-order valence-corrected chi connectivity index (χ3v) is 7.40. The van der Waals surface area contributed by atoms with E-state index in [4.69, 9.17) is 0 Å². The lowest BCUT2D eigenvalue weighted by atomic mass is 9.71. The van der Waals surface area contributed by atoms with E-state index in [1.54, 1.807) is 11.3 Å². The second kappa shape index (κ2) is 6.06. The van der Waals surface area contributed by atoms with E-state index in [-0.39, 0.29) is 5.25 Å². The zero-order chi connectivity index (χ0) is 14.0. The van der Waals surface area contributed by atoms with Crippen molar-refractivity contribution in [3.8, 4) is 0 Å². The van der Waals surface area contributed by atoms with Crippen LogP contribution in [0.3, 0.4) is 0 Å². The second-order valence-corrected chi connectivity index (χ2v) is 9.39. The normalized spacial score (nSPS) is 30.2. The molecular weight excluding hydrogens is 274 g/mol. The minimum absolute atomic E-state index is 0.252. The topological polar surface area (TPSA) is 29.1 Å². The van der Waals surface area contributed by atoms with Crippen molar-refractivity contribution in [3.05, 3.63) is 17.5 Å². The lowest BCUT2D eigenvalue weighted by molar-refractivity contribution is 0.166. The van der Waals surface area contributed by atoms with Gasteiger partial charge in [0.15, 0.2) is 0 Å². The molecule has 1 aliphatic carbocycles. The zero-order valence-corrected chi connectivity index (χ0v) is 13.9. The average molecular weight is 300 g/mol. The van der Waals surface area contributed by atoms with Gasteiger partial charge in [-0.2, -0.15) is 0 Å². The molecule has 0 aliphatic heterocycles. The fraction of sp³-hybridized carbons (Fsp3) is 0.733. The van der Waals surface area contributed by atoms with Gasteiger partial charge in [0.1, 0.15) is 0 Å². The molecule has 4 atom stereocenters. The number of hydrogen-bond donors (Lipinski definition) is 1. The fourth-order valence-electron chi connectivity index (χ4n) is 3.01. The van der Waals surface area contributed by atoms with Crippen LogP contribution < -0.4 is 5.32 Å². The average Bonchev–Trinajstić information content (AvgIpc) is 2.90. The Morgan fingerprint density at radius 3 is 2.63 bits per heavy atom. The summed E-state index contributed by atoms with van der Waals surface area (Å²) in [4.78, 5) is 0. The maximum absolute atomic E-state index is 12.8. The lowest BCUT2D eigenvalue weighted by Gasteiger charge is -2.41. The summed E-state index contributed by atoms with van der Waals surface area (Å²) >= 11 is 1.62. The van der Waals surface area contributed by atoms with Gasteiger partial charge in [0.2, 0.25) is 0 Å². The van der Waals surface area contributed by atoms with Gasteiger partial charge < -0.3 is 5.32 Å². The summed E-state index contributed by atoms with van der Waals surface area (Å²) in [5.74, 6) is 0.672. The number of hydrogen-bond acceptors (Lipinski definition) is 3. The maximum atomic E-state index is 12.8. The zero-order valence-electron chi connectivity index (χ0n) is 12.3. The van der Waals surface area contributed by atoms with Crippen LogP contribution in [0, 0.1) is 11.3 Å². The highest BCUT2D eigenvalue weighted by Gasteiger charge is 2.38. The highest BCUT2D eigenvalue weighted by Crippen LogP contribution is 2.40. The summed E-state index contributed by atoms with van der Waals surface area (Å²) in [6.07, 6.45) is 3.45. The molecule has 0 bridgehead atoms. The van der Waals surface area contributed by atoms with Crippen LogP contribution in [0.1, 0.15) is 40.0 Å². The number of nitrogens with one attached hydrogen (secondary N) is 1. The van der Waals surface area contributed by atoms with E-state index < -0.39 is 10.8 Å². The van der Waals surface area contributed by atoms with Gasteiger partial charge in [0, 0.05) is 6.04 Å². The maximum Gasteiger partial charge on any atom is 0.0914 e. The molecule has 0 spiro atoms. The summed E-state index contributed by atoms with van der Waals surface area (Å²) in [6.45, 7) is 6.92. The first-order chi connectivity index (χ1) is 8.93. The van der Waals surface area contributed by atoms with Gasteiger partial charge in [0.05, 0.1) is 20.3 Å². The van der Waals surface area contributed by atoms with Gasteiger partial charge >= 0.3 is 0 Å². The van der Waals surface area contributed by atoms with Crippen molar-refractivity contribution in [3.63, 3.8) is 0 Å². The molecule has 1 aromatic heterocycles. The Balaban J connectivity index is 2.17. The lowest BCUT2D eigenvalue weighted by Crippen LogP contribution is -2.46. The van der Waals surface area contributed by atoms with Gasteiger partial charge in [-0.25, -0.2) is 0 Å². The molecule has 1 saturated carbocycles. The van der Waals surface area contributed by atoms with Gasteiger partial charge in [-0.05, 0) is 49.1 Å². The molecule has 19 heavy (non-hydrogen) atoms.